The molecule has 6 heteroatoms. The minimum Gasteiger partial charge on any atom is -0.438 e. The van der Waals surface area contributed by atoms with Gasteiger partial charge < -0.3 is 15.8 Å². The Kier molecular flexibility index (Phi) is 4.78. The number of aromatic nitrogens is 2. The molecule has 0 radical (unpaired) electrons. The summed E-state index contributed by atoms with van der Waals surface area (Å²) in [6.45, 7) is 2.92. The zero-order valence-electron chi connectivity index (χ0n) is 10.6. The van der Waals surface area contributed by atoms with Crippen molar-refractivity contribution in [2.75, 3.05) is 17.6 Å². The lowest BCUT2D eigenvalue weighted by Crippen LogP contribution is -2.05. The van der Waals surface area contributed by atoms with Gasteiger partial charge in [-0.2, -0.15) is 9.97 Å². The molecule has 0 atom stereocenters. The first-order chi connectivity index (χ1) is 9.19. The lowest BCUT2D eigenvalue weighted by Gasteiger charge is -2.09. The first-order valence-corrected chi connectivity index (χ1v) is 7.07. The van der Waals surface area contributed by atoms with E-state index >= 15 is 0 Å². The zero-order chi connectivity index (χ0) is 13.7. The van der Waals surface area contributed by atoms with Crippen LogP contribution in [0.3, 0.4) is 0 Å². The molecule has 0 saturated carbocycles. The molecule has 0 saturated heterocycles. The quantitative estimate of drug-likeness (QED) is 0.791. The van der Waals surface area contributed by atoms with Gasteiger partial charge in [0, 0.05) is 12.6 Å². The van der Waals surface area contributed by atoms with Crippen molar-refractivity contribution >= 4 is 34.4 Å². The third-order valence-electron chi connectivity index (χ3n) is 2.33. The van der Waals surface area contributed by atoms with Crippen molar-refractivity contribution in [1.82, 2.24) is 9.97 Å². The molecular weight excluding hydrogens is 355 g/mol. The van der Waals surface area contributed by atoms with E-state index in [0.29, 0.717) is 11.7 Å². The molecule has 0 aliphatic heterocycles. The van der Waals surface area contributed by atoms with E-state index in [1.54, 1.807) is 6.07 Å². The number of nitrogens with zero attached hydrogens (tertiary/aromatic N) is 2. The summed E-state index contributed by atoms with van der Waals surface area (Å²) in [5.41, 5.74) is 5.68. The Hall–Kier alpha value is -1.57. The molecule has 0 amide bonds. The standard InChI is InChI=1S/C13H15IN4O/c1-2-7-16-11-8-12(18-13(15)17-11)19-10-6-4-3-5-9(10)14/h3-6,8H,2,7H2,1H3,(H3,15,16,17,18). The van der Waals surface area contributed by atoms with Crippen LogP contribution in [0.5, 0.6) is 11.6 Å². The molecule has 0 spiro atoms. The number of nitrogen functional groups attached to an aromatic ring is 1. The first kappa shape index (κ1) is 13.9. The third-order valence-corrected chi connectivity index (χ3v) is 3.22. The fraction of sp³-hybridized carbons (Fsp3) is 0.231. The van der Waals surface area contributed by atoms with Crippen molar-refractivity contribution in [1.29, 1.82) is 0 Å². The average molecular weight is 370 g/mol. The summed E-state index contributed by atoms with van der Waals surface area (Å²) in [7, 11) is 0. The lowest BCUT2D eigenvalue weighted by atomic mass is 10.3. The molecule has 1 aromatic carbocycles. The molecule has 1 heterocycles. The van der Waals surface area contributed by atoms with Gasteiger partial charge in [0.1, 0.15) is 11.6 Å². The molecule has 1 aromatic heterocycles. The smallest absolute Gasteiger partial charge is 0.226 e. The van der Waals surface area contributed by atoms with Crippen molar-refractivity contribution < 1.29 is 4.74 Å². The van der Waals surface area contributed by atoms with Gasteiger partial charge in [-0.15, -0.1) is 0 Å². The maximum Gasteiger partial charge on any atom is 0.226 e. The van der Waals surface area contributed by atoms with Gasteiger partial charge in [-0.3, -0.25) is 0 Å². The van der Waals surface area contributed by atoms with Crippen LogP contribution in [0, 0.1) is 3.57 Å². The number of rotatable bonds is 5. The second kappa shape index (κ2) is 6.55. The van der Waals surface area contributed by atoms with Crippen molar-refractivity contribution in [3.63, 3.8) is 0 Å². The van der Waals surface area contributed by atoms with Crippen LogP contribution in [0.4, 0.5) is 11.8 Å². The van der Waals surface area contributed by atoms with Gasteiger partial charge in [0.25, 0.3) is 0 Å². The number of halogens is 1. The van der Waals surface area contributed by atoms with Gasteiger partial charge in [0.15, 0.2) is 0 Å². The molecule has 100 valence electrons. The Morgan fingerprint density at radius 3 is 2.84 bits per heavy atom. The number of hydrogen-bond acceptors (Lipinski definition) is 5. The van der Waals surface area contributed by atoms with Crippen LogP contribution in [0.2, 0.25) is 0 Å². The van der Waals surface area contributed by atoms with Crippen LogP contribution >= 0.6 is 22.6 Å². The summed E-state index contributed by atoms with van der Waals surface area (Å²) in [6.07, 6.45) is 1.01. The molecular formula is C13H15IN4O. The maximum absolute atomic E-state index is 5.73. The van der Waals surface area contributed by atoms with Gasteiger partial charge in [-0.1, -0.05) is 19.1 Å². The van der Waals surface area contributed by atoms with Crippen LogP contribution in [0.1, 0.15) is 13.3 Å². The van der Waals surface area contributed by atoms with Crippen LogP contribution in [0.15, 0.2) is 30.3 Å². The second-order valence-electron chi connectivity index (χ2n) is 3.91. The Bertz CT molecular complexity index is 562. The summed E-state index contributed by atoms with van der Waals surface area (Å²) in [5.74, 6) is 2.06. The van der Waals surface area contributed by atoms with Crippen molar-refractivity contribution in [2.24, 2.45) is 0 Å². The summed E-state index contributed by atoms with van der Waals surface area (Å²) < 4.78 is 6.75. The Labute approximate surface area is 125 Å². The number of anilines is 2. The van der Waals surface area contributed by atoms with Crippen molar-refractivity contribution in [3.05, 3.63) is 33.9 Å². The summed E-state index contributed by atoms with van der Waals surface area (Å²) in [5, 5.41) is 3.16. The Morgan fingerprint density at radius 1 is 1.32 bits per heavy atom. The fourth-order valence-electron chi connectivity index (χ4n) is 1.48. The van der Waals surface area contributed by atoms with Gasteiger partial charge >= 0.3 is 0 Å². The van der Waals surface area contributed by atoms with E-state index in [9.17, 15) is 0 Å². The molecule has 2 rings (SSSR count). The highest BCUT2D eigenvalue weighted by Crippen LogP contribution is 2.26. The number of nitrogens with one attached hydrogen (secondary N) is 1. The molecule has 0 fully saturated rings. The molecule has 5 nitrogen and oxygen atoms in total. The number of para-hydroxylation sites is 1. The largest absolute Gasteiger partial charge is 0.438 e. The van der Waals surface area contributed by atoms with Crippen LogP contribution in [-0.2, 0) is 0 Å². The Morgan fingerprint density at radius 2 is 2.11 bits per heavy atom. The van der Waals surface area contributed by atoms with Crippen LogP contribution in [0.25, 0.3) is 0 Å². The Balaban J connectivity index is 2.20. The molecule has 3 N–H and O–H groups in total. The van der Waals surface area contributed by atoms with Crippen LogP contribution < -0.4 is 15.8 Å². The number of nitrogens with two attached hydrogens (primary N) is 1. The monoisotopic (exact) mass is 370 g/mol. The summed E-state index contributed by atoms with van der Waals surface area (Å²) in [4.78, 5) is 8.19. The highest BCUT2D eigenvalue weighted by atomic mass is 127. The van der Waals surface area contributed by atoms with E-state index in [4.69, 9.17) is 10.5 Å². The van der Waals surface area contributed by atoms with Crippen molar-refractivity contribution in [2.45, 2.75) is 13.3 Å². The van der Waals surface area contributed by atoms with Gasteiger partial charge in [0.05, 0.1) is 3.57 Å². The molecule has 0 bridgehead atoms. The summed E-state index contributed by atoms with van der Waals surface area (Å²) >= 11 is 2.21. The van der Waals surface area contributed by atoms with E-state index in [1.807, 2.05) is 24.3 Å². The SMILES string of the molecule is CCCNc1cc(Oc2ccccc2I)nc(N)n1. The predicted octanol–water partition coefficient (Wildman–Crippen LogP) is 3.28. The van der Waals surface area contributed by atoms with Gasteiger partial charge in [-0.25, -0.2) is 0 Å². The molecule has 2 aromatic rings. The third kappa shape index (κ3) is 3.95. The average Bonchev–Trinajstić information content (AvgIpc) is 2.38. The van der Waals surface area contributed by atoms with E-state index < -0.39 is 0 Å². The molecule has 19 heavy (non-hydrogen) atoms. The molecule has 0 aliphatic carbocycles. The van der Waals surface area contributed by atoms with E-state index in [1.165, 1.54) is 0 Å². The fourth-order valence-corrected chi connectivity index (χ4v) is 1.98. The van der Waals surface area contributed by atoms with Crippen molar-refractivity contribution in [3.8, 4) is 11.6 Å². The second-order valence-corrected chi connectivity index (χ2v) is 5.07. The minimum atomic E-state index is 0.196. The maximum atomic E-state index is 5.73. The van der Waals surface area contributed by atoms with Gasteiger partial charge in [0.2, 0.25) is 11.8 Å². The van der Waals surface area contributed by atoms with Crippen LogP contribution in [-0.4, -0.2) is 16.5 Å². The number of ether oxygens (including phenoxy) is 1. The van der Waals surface area contributed by atoms with E-state index in [0.717, 1.165) is 22.3 Å². The predicted molar refractivity (Wildman–Crippen MR) is 84.5 cm³/mol. The zero-order valence-corrected chi connectivity index (χ0v) is 12.7. The highest BCUT2D eigenvalue weighted by Gasteiger charge is 2.06. The number of benzene rings is 1. The first-order valence-electron chi connectivity index (χ1n) is 6.00. The van der Waals surface area contributed by atoms with E-state index in [-0.39, 0.29) is 5.95 Å². The molecule has 0 aliphatic rings. The highest BCUT2D eigenvalue weighted by molar-refractivity contribution is 14.1. The number of hydrogen-bond donors (Lipinski definition) is 2. The molecule has 0 unspecified atom stereocenters. The van der Waals surface area contributed by atoms with Gasteiger partial charge in [-0.05, 0) is 41.1 Å². The summed E-state index contributed by atoms with van der Waals surface area (Å²) in [6, 6.07) is 9.47. The topological polar surface area (TPSA) is 73.1 Å². The minimum absolute atomic E-state index is 0.196. The lowest BCUT2D eigenvalue weighted by molar-refractivity contribution is 0.460. The normalized spacial score (nSPS) is 10.2. The van der Waals surface area contributed by atoms with E-state index in [2.05, 4.69) is 44.8 Å².